The average molecular weight is 495 g/mol. The van der Waals surface area contributed by atoms with E-state index in [1.165, 1.54) is 20.6 Å². The second-order valence-electron chi connectivity index (χ2n) is 7.39. The lowest BCUT2D eigenvalue weighted by Gasteiger charge is -2.07. The summed E-state index contributed by atoms with van der Waals surface area (Å²) in [6.07, 6.45) is 6.53. The van der Waals surface area contributed by atoms with E-state index in [0.29, 0.717) is 0 Å². The van der Waals surface area contributed by atoms with Gasteiger partial charge in [-0.25, -0.2) is 0 Å². The first-order valence-electron chi connectivity index (χ1n) is 9.98. The highest BCUT2D eigenvalue weighted by atomic mass is 32.2. The highest BCUT2D eigenvalue weighted by molar-refractivity contribution is 8.01. The molecule has 0 radical (unpaired) electrons. The molecule has 31 heavy (non-hydrogen) atoms. The van der Waals surface area contributed by atoms with Gasteiger partial charge in [0.25, 0.3) is 0 Å². The second-order valence-corrected chi connectivity index (χ2v) is 12.4. The van der Waals surface area contributed by atoms with E-state index in [0.717, 1.165) is 34.3 Å². The Morgan fingerprint density at radius 1 is 0.774 bits per heavy atom. The van der Waals surface area contributed by atoms with Gasteiger partial charge >= 0.3 is 0 Å². The van der Waals surface area contributed by atoms with Crippen LogP contribution in [0, 0.1) is 0 Å². The van der Waals surface area contributed by atoms with Crippen LogP contribution < -0.4 is 0 Å². The van der Waals surface area contributed by atoms with Gasteiger partial charge in [-0.15, -0.1) is 46.2 Å². The van der Waals surface area contributed by atoms with Gasteiger partial charge in [0, 0.05) is 34.3 Å². The maximum atomic E-state index is 12.1. The van der Waals surface area contributed by atoms with Crippen molar-refractivity contribution in [2.75, 3.05) is 52.8 Å². The fourth-order valence-corrected chi connectivity index (χ4v) is 6.77. The molecule has 0 unspecified atom stereocenters. The minimum Gasteiger partial charge on any atom is -0.309 e. The van der Waals surface area contributed by atoms with Crippen molar-refractivity contribution in [3.63, 3.8) is 0 Å². The summed E-state index contributed by atoms with van der Waals surface area (Å²) in [4.78, 5) is 30.6. The van der Waals surface area contributed by atoms with Gasteiger partial charge in [0.05, 0.1) is 14.8 Å². The first-order valence-corrected chi connectivity index (χ1v) is 13.6. The van der Waals surface area contributed by atoms with Gasteiger partial charge in [0.2, 0.25) is 0 Å². The summed E-state index contributed by atoms with van der Waals surface area (Å²) < 4.78 is 2.48. The van der Waals surface area contributed by atoms with Crippen LogP contribution in [-0.2, 0) is 9.59 Å². The molecule has 4 nitrogen and oxygen atoms in total. The minimum absolute atomic E-state index is 0.0986. The van der Waals surface area contributed by atoms with Crippen LogP contribution in [0.2, 0.25) is 0 Å². The molecule has 2 aromatic rings. The Labute approximate surface area is 202 Å². The van der Waals surface area contributed by atoms with Crippen LogP contribution in [0.1, 0.15) is 16.2 Å². The number of ketones is 2. The lowest BCUT2D eigenvalue weighted by Crippen LogP contribution is -2.14. The van der Waals surface area contributed by atoms with Crippen LogP contribution in [-0.4, -0.2) is 74.2 Å². The summed E-state index contributed by atoms with van der Waals surface area (Å²) in [7, 11) is 8.26. The Morgan fingerprint density at radius 2 is 1.19 bits per heavy atom. The standard InChI is InChI=1S/C23H30N2O2S4/c1-24(2)13-15-28-22-11-9-20(30-22)7-5-18(26)17-19(27)6-8-21-10-12-23(31-21)29-16-14-25(3)4/h5-12H,13-17H2,1-4H3/b7-5+,8-6+. The number of hydrogen-bond acceptors (Lipinski definition) is 8. The SMILES string of the molecule is CN(C)CCSc1ccc(/C=C/C(=O)CC(=O)/C=C/c2ccc(SCCN(C)C)s2)s1. The molecule has 0 saturated heterocycles. The number of nitrogens with zero attached hydrogens (tertiary/aromatic N) is 2. The van der Waals surface area contributed by atoms with E-state index in [4.69, 9.17) is 0 Å². The molecule has 0 saturated carbocycles. The molecule has 0 atom stereocenters. The van der Waals surface area contributed by atoms with E-state index in [1.807, 2.05) is 35.7 Å². The molecule has 0 spiro atoms. The summed E-state index contributed by atoms with van der Waals surface area (Å²) in [6.45, 7) is 2.06. The van der Waals surface area contributed by atoms with Crippen molar-refractivity contribution in [1.82, 2.24) is 9.80 Å². The van der Waals surface area contributed by atoms with E-state index >= 15 is 0 Å². The van der Waals surface area contributed by atoms with Crippen LogP contribution in [0.15, 0.2) is 44.8 Å². The Bertz CT molecular complexity index is 825. The lowest BCUT2D eigenvalue weighted by atomic mass is 10.1. The number of thiophene rings is 2. The first kappa shape index (κ1) is 26.1. The van der Waals surface area contributed by atoms with Gasteiger partial charge in [0.15, 0.2) is 11.6 Å². The third kappa shape index (κ3) is 11.3. The smallest absolute Gasteiger partial charge is 0.163 e. The van der Waals surface area contributed by atoms with Crippen molar-refractivity contribution in [3.8, 4) is 0 Å². The first-order chi connectivity index (χ1) is 14.8. The minimum atomic E-state index is -0.170. The molecule has 2 heterocycles. The Hall–Kier alpha value is -1.16. The number of rotatable bonds is 14. The van der Waals surface area contributed by atoms with Gasteiger partial charge in [-0.3, -0.25) is 9.59 Å². The average Bonchev–Trinajstić information content (AvgIpc) is 3.34. The quantitative estimate of drug-likeness (QED) is 0.200. The summed E-state index contributed by atoms with van der Waals surface area (Å²) in [6, 6.07) is 8.19. The monoisotopic (exact) mass is 494 g/mol. The van der Waals surface area contributed by atoms with Gasteiger partial charge < -0.3 is 9.80 Å². The molecule has 2 aromatic heterocycles. The molecule has 0 fully saturated rings. The molecule has 0 bridgehead atoms. The molecule has 8 heteroatoms. The van der Waals surface area contributed by atoms with Crippen molar-refractivity contribution in [1.29, 1.82) is 0 Å². The number of hydrogen-bond donors (Lipinski definition) is 0. The lowest BCUT2D eigenvalue weighted by molar-refractivity contribution is -0.121. The van der Waals surface area contributed by atoms with Crippen molar-refractivity contribution in [2.45, 2.75) is 14.8 Å². The van der Waals surface area contributed by atoms with Crippen molar-refractivity contribution in [2.24, 2.45) is 0 Å². The summed E-state index contributed by atoms with van der Waals surface area (Å²) in [5, 5.41) is 0. The van der Waals surface area contributed by atoms with Crippen LogP contribution in [0.3, 0.4) is 0 Å². The van der Waals surface area contributed by atoms with Gasteiger partial charge in [-0.1, -0.05) is 0 Å². The molecule has 0 aliphatic rings. The van der Waals surface area contributed by atoms with E-state index in [9.17, 15) is 9.59 Å². The molecule has 168 valence electrons. The normalized spacial score (nSPS) is 12.1. The summed E-state index contributed by atoms with van der Waals surface area (Å²) >= 11 is 6.97. The number of carbonyl (C=O) groups excluding carboxylic acids is 2. The van der Waals surface area contributed by atoms with Crippen LogP contribution >= 0.6 is 46.2 Å². The Morgan fingerprint density at radius 3 is 1.58 bits per heavy atom. The number of allylic oxidation sites excluding steroid dienone is 2. The van der Waals surface area contributed by atoms with E-state index < -0.39 is 0 Å². The van der Waals surface area contributed by atoms with Gasteiger partial charge in [-0.2, -0.15) is 0 Å². The zero-order chi connectivity index (χ0) is 22.6. The van der Waals surface area contributed by atoms with Crippen molar-refractivity contribution < 1.29 is 9.59 Å². The molecule has 0 aliphatic carbocycles. The van der Waals surface area contributed by atoms with Crippen LogP contribution in [0.4, 0.5) is 0 Å². The van der Waals surface area contributed by atoms with E-state index in [2.05, 4.69) is 50.1 Å². The number of carbonyl (C=O) groups is 2. The summed E-state index contributed by atoms with van der Waals surface area (Å²) in [5.41, 5.74) is 0. The third-order valence-electron chi connectivity index (χ3n) is 3.99. The van der Waals surface area contributed by atoms with Gasteiger partial charge in [-0.05, 0) is 76.8 Å². The molecule has 0 aliphatic heterocycles. The Kier molecular flexibility index (Phi) is 11.9. The number of thioether (sulfide) groups is 2. The molecule has 0 N–H and O–H groups in total. The maximum Gasteiger partial charge on any atom is 0.163 e. The van der Waals surface area contributed by atoms with E-state index in [1.54, 1.807) is 34.8 Å². The highest BCUT2D eigenvalue weighted by Gasteiger charge is 2.06. The van der Waals surface area contributed by atoms with Crippen molar-refractivity contribution >= 4 is 69.9 Å². The van der Waals surface area contributed by atoms with E-state index in [-0.39, 0.29) is 18.0 Å². The van der Waals surface area contributed by atoms with Crippen molar-refractivity contribution in [3.05, 3.63) is 46.2 Å². The zero-order valence-electron chi connectivity index (χ0n) is 18.5. The molecular formula is C23H30N2O2S4. The predicted octanol–water partition coefficient (Wildman–Crippen LogP) is 5.37. The largest absolute Gasteiger partial charge is 0.309 e. The molecular weight excluding hydrogens is 465 g/mol. The van der Waals surface area contributed by atoms with Crippen LogP contribution in [0.5, 0.6) is 0 Å². The highest BCUT2D eigenvalue weighted by Crippen LogP contribution is 2.29. The fraction of sp³-hybridized carbons (Fsp3) is 0.391. The molecule has 0 aromatic carbocycles. The topological polar surface area (TPSA) is 40.6 Å². The Balaban J connectivity index is 1.75. The van der Waals surface area contributed by atoms with Crippen LogP contribution in [0.25, 0.3) is 12.2 Å². The van der Waals surface area contributed by atoms with Gasteiger partial charge in [0.1, 0.15) is 0 Å². The molecule has 2 rings (SSSR count). The fourth-order valence-electron chi connectivity index (χ4n) is 2.30. The maximum absolute atomic E-state index is 12.1. The predicted molar refractivity (Wildman–Crippen MR) is 140 cm³/mol. The molecule has 0 amide bonds. The third-order valence-corrected chi connectivity index (χ3v) is 8.50. The summed E-state index contributed by atoms with van der Waals surface area (Å²) in [5.74, 6) is 1.74. The zero-order valence-corrected chi connectivity index (χ0v) is 21.8. The second kappa shape index (κ2) is 14.1.